The Hall–Kier alpha value is -1.60. The first-order valence-corrected chi connectivity index (χ1v) is 3.99. The van der Waals surface area contributed by atoms with Crippen LogP contribution >= 0.6 is 0 Å². The number of aryl methyl sites for hydroxylation is 2. The van der Waals surface area contributed by atoms with E-state index in [1.165, 1.54) is 0 Å². The first-order chi connectivity index (χ1) is 6.80. The van der Waals surface area contributed by atoms with Gasteiger partial charge in [0.05, 0.1) is 6.42 Å². The van der Waals surface area contributed by atoms with Crippen molar-refractivity contribution in [1.82, 2.24) is 14.8 Å². The molecule has 5 nitrogen and oxygen atoms in total. The molecule has 1 aromatic heterocycles. The average molecular weight is 223 g/mol. The zero-order chi connectivity index (χ0) is 11.6. The molecule has 0 aliphatic carbocycles. The van der Waals surface area contributed by atoms with Crippen LogP contribution in [-0.4, -0.2) is 25.8 Å². The first-order valence-electron chi connectivity index (χ1n) is 3.99. The van der Waals surface area contributed by atoms with Crippen molar-refractivity contribution in [3.05, 3.63) is 11.6 Å². The quantitative estimate of drug-likeness (QED) is 0.824. The molecule has 0 aliphatic rings. The summed E-state index contributed by atoms with van der Waals surface area (Å²) >= 11 is 0. The van der Waals surface area contributed by atoms with Gasteiger partial charge >= 0.3 is 12.1 Å². The number of carbonyl (C=O) groups is 1. The van der Waals surface area contributed by atoms with E-state index in [0.717, 1.165) is 7.05 Å². The summed E-state index contributed by atoms with van der Waals surface area (Å²) in [4.78, 5) is 13.4. The molecule has 1 aromatic rings. The van der Waals surface area contributed by atoms with Gasteiger partial charge in [0.1, 0.15) is 0 Å². The van der Waals surface area contributed by atoms with Crippen molar-refractivity contribution < 1.29 is 23.1 Å². The maximum atomic E-state index is 12.2. The summed E-state index contributed by atoms with van der Waals surface area (Å²) in [7, 11) is 1.11. The number of nitrogens with zero attached hydrogens (tertiary/aromatic N) is 3. The Labute approximate surface area is 82.5 Å². The number of hydrogen-bond donors (Lipinski definition) is 1. The molecule has 0 radical (unpaired) electrons. The van der Waals surface area contributed by atoms with Crippen LogP contribution in [0.5, 0.6) is 0 Å². The van der Waals surface area contributed by atoms with Crippen LogP contribution in [0.25, 0.3) is 0 Å². The molecule has 0 spiro atoms. The summed E-state index contributed by atoms with van der Waals surface area (Å²) in [5.74, 6) is -2.34. The highest BCUT2D eigenvalue weighted by Crippen LogP contribution is 2.27. The molecule has 1 heterocycles. The maximum Gasteiger partial charge on any atom is 0.451 e. The van der Waals surface area contributed by atoms with Crippen LogP contribution in [0.2, 0.25) is 0 Å². The van der Waals surface area contributed by atoms with E-state index in [0.29, 0.717) is 4.68 Å². The second-order valence-corrected chi connectivity index (χ2v) is 2.87. The minimum Gasteiger partial charge on any atom is -0.481 e. The zero-order valence-electron chi connectivity index (χ0n) is 7.75. The predicted octanol–water partition coefficient (Wildman–Crippen LogP) is 0.851. The van der Waals surface area contributed by atoms with Crippen molar-refractivity contribution in [2.45, 2.75) is 19.0 Å². The third kappa shape index (κ3) is 2.93. The molecule has 0 saturated carbocycles. The van der Waals surface area contributed by atoms with E-state index in [4.69, 9.17) is 5.11 Å². The summed E-state index contributed by atoms with van der Waals surface area (Å²) in [6.07, 6.45) is -4.97. The molecule has 0 bridgehead atoms. The van der Waals surface area contributed by atoms with Crippen molar-refractivity contribution in [2.75, 3.05) is 0 Å². The van der Waals surface area contributed by atoms with E-state index < -0.39 is 18.0 Å². The summed E-state index contributed by atoms with van der Waals surface area (Å²) in [5.41, 5.74) is 0. The van der Waals surface area contributed by atoms with Crippen molar-refractivity contribution >= 4 is 5.97 Å². The van der Waals surface area contributed by atoms with Gasteiger partial charge in [-0.25, -0.2) is 9.67 Å². The number of halogens is 3. The Morgan fingerprint density at radius 2 is 2.13 bits per heavy atom. The van der Waals surface area contributed by atoms with Gasteiger partial charge in [-0.3, -0.25) is 4.79 Å². The highest BCUT2D eigenvalue weighted by molar-refractivity contribution is 5.66. The Morgan fingerprint density at radius 3 is 2.53 bits per heavy atom. The second-order valence-electron chi connectivity index (χ2n) is 2.87. The number of aromatic nitrogens is 3. The van der Waals surface area contributed by atoms with Gasteiger partial charge in [0.2, 0.25) is 5.82 Å². The van der Waals surface area contributed by atoms with E-state index >= 15 is 0 Å². The fourth-order valence-electron chi connectivity index (χ4n) is 1.01. The second kappa shape index (κ2) is 3.87. The normalized spacial score (nSPS) is 11.7. The molecule has 0 atom stereocenters. The largest absolute Gasteiger partial charge is 0.481 e. The van der Waals surface area contributed by atoms with Crippen molar-refractivity contribution in [3.8, 4) is 0 Å². The SMILES string of the molecule is Cn1nc(CCC(=O)O)nc1C(F)(F)F. The fourth-order valence-corrected chi connectivity index (χ4v) is 1.01. The van der Waals surface area contributed by atoms with Crippen molar-refractivity contribution in [1.29, 1.82) is 0 Å². The van der Waals surface area contributed by atoms with E-state index in [9.17, 15) is 18.0 Å². The van der Waals surface area contributed by atoms with E-state index in [2.05, 4.69) is 10.1 Å². The highest BCUT2D eigenvalue weighted by Gasteiger charge is 2.37. The summed E-state index contributed by atoms with van der Waals surface area (Å²) < 4.78 is 37.3. The lowest BCUT2D eigenvalue weighted by Gasteiger charge is -2.02. The van der Waals surface area contributed by atoms with Crippen LogP contribution in [0.15, 0.2) is 0 Å². The van der Waals surface area contributed by atoms with E-state index in [-0.39, 0.29) is 18.7 Å². The minimum atomic E-state index is -4.57. The number of aliphatic carboxylic acids is 1. The molecule has 0 fully saturated rings. The standard InChI is InChI=1S/C7H8F3N3O2/c1-13-6(7(8,9)10)11-4(12-13)2-3-5(14)15/h2-3H2,1H3,(H,14,15). The monoisotopic (exact) mass is 223 g/mol. The fraction of sp³-hybridized carbons (Fsp3) is 0.571. The topological polar surface area (TPSA) is 68.0 Å². The van der Waals surface area contributed by atoms with Crippen LogP contribution in [0.3, 0.4) is 0 Å². The van der Waals surface area contributed by atoms with Gasteiger partial charge in [0, 0.05) is 13.5 Å². The molecule has 15 heavy (non-hydrogen) atoms. The molecule has 0 aromatic carbocycles. The lowest BCUT2D eigenvalue weighted by Crippen LogP contribution is -2.13. The lowest BCUT2D eigenvalue weighted by atomic mass is 10.3. The third-order valence-electron chi connectivity index (χ3n) is 1.62. The highest BCUT2D eigenvalue weighted by atomic mass is 19.4. The van der Waals surface area contributed by atoms with Gasteiger partial charge < -0.3 is 5.11 Å². The number of carboxylic acids is 1. The van der Waals surface area contributed by atoms with Crippen LogP contribution in [0.1, 0.15) is 18.1 Å². The van der Waals surface area contributed by atoms with Gasteiger partial charge in [-0.05, 0) is 0 Å². The summed E-state index contributed by atoms with van der Waals surface area (Å²) in [5, 5.41) is 11.8. The number of alkyl halides is 3. The molecule has 8 heteroatoms. The maximum absolute atomic E-state index is 12.2. The number of carboxylic acid groups (broad SMARTS) is 1. The summed E-state index contributed by atoms with van der Waals surface area (Å²) in [6.45, 7) is 0. The summed E-state index contributed by atoms with van der Waals surface area (Å²) in [6, 6.07) is 0. The Kier molecular flexibility index (Phi) is 2.96. The molecule has 1 N–H and O–H groups in total. The van der Waals surface area contributed by atoms with Gasteiger partial charge in [-0.2, -0.15) is 18.3 Å². The van der Waals surface area contributed by atoms with E-state index in [1.54, 1.807) is 0 Å². The number of hydrogen-bond acceptors (Lipinski definition) is 3. The Balaban J connectivity index is 2.82. The minimum absolute atomic E-state index is 0.112. The van der Waals surface area contributed by atoms with Crippen LogP contribution in [0.4, 0.5) is 13.2 Å². The zero-order valence-corrected chi connectivity index (χ0v) is 7.75. The molecular formula is C7H8F3N3O2. The smallest absolute Gasteiger partial charge is 0.451 e. The van der Waals surface area contributed by atoms with E-state index in [1.807, 2.05) is 0 Å². The molecule has 0 aliphatic heterocycles. The predicted molar refractivity (Wildman–Crippen MR) is 42.0 cm³/mol. The molecule has 0 amide bonds. The Bertz CT molecular complexity index is 372. The van der Waals surface area contributed by atoms with Gasteiger partial charge in [0.25, 0.3) is 0 Å². The first kappa shape index (κ1) is 11.5. The number of rotatable bonds is 3. The Morgan fingerprint density at radius 1 is 1.53 bits per heavy atom. The molecule has 84 valence electrons. The molecule has 0 unspecified atom stereocenters. The van der Waals surface area contributed by atoms with Gasteiger partial charge in [-0.1, -0.05) is 0 Å². The van der Waals surface area contributed by atoms with Crippen molar-refractivity contribution in [3.63, 3.8) is 0 Å². The van der Waals surface area contributed by atoms with Crippen molar-refractivity contribution in [2.24, 2.45) is 7.05 Å². The van der Waals surface area contributed by atoms with Crippen LogP contribution in [0, 0.1) is 0 Å². The van der Waals surface area contributed by atoms with Gasteiger partial charge in [-0.15, -0.1) is 0 Å². The lowest BCUT2D eigenvalue weighted by molar-refractivity contribution is -0.147. The van der Waals surface area contributed by atoms with Gasteiger partial charge in [0.15, 0.2) is 5.82 Å². The average Bonchev–Trinajstić information content (AvgIpc) is 2.42. The molecule has 0 saturated heterocycles. The third-order valence-corrected chi connectivity index (χ3v) is 1.62. The van der Waals surface area contributed by atoms with Crippen LogP contribution in [-0.2, 0) is 24.4 Å². The molecular weight excluding hydrogens is 215 g/mol. The van der Waals surface area contributed by atoms with Crippen LogP contribution < -0.4 is 0 Å². The molecule has 1 rings (SSSR count).